The Morgan fingerprint density at radius 3 is 2.37 bits per heavy atom. The van der Waals surface area contributed by atoms with E-state index in [0.29, 0.717) is 17.3 Å². The van der Waals surface area contributed by atoms with E-state index in [1.54, 1.807) is 31.3 Å². The van der Waals surface area contributed by atoms with E-state index in [-0.39, 0.29) is 23.2 Å². The number of amides is 1. The first-order valence-corrected chi connectivity index (χ1v) is 8.92. The van der Waals surface area contributed by atoms with Gasteiger partial charge in [-0.05, 0) is 32.1 Å². The van der Waals surface area contributed by atoms with Gasteiger partial charge in [-0.3, -0.25) is 9.59 Å². The number of hydrogen-bond donors (Lipinski definition) is 1. The largest absolute Gasteiger partial charge is 0.349 e. The Morgan fingerprint density at radius 1 is 1.07 bits per heavy atom. The molecule has 0 radical (unpaired) electrons. The molecular formula is C21H24N4O2. The SMILES string of the molecule is CN(C)[C@H](CNC(=O)c1nn(C)c(=O)c2ccccc12)Cc1ccccc1. The van der Waals surface area contributed by atoms with E-state index in [2.05, 4.69) is 27.4 Å². The average molecular weight is 364 g/mol. The van der Waals surface area contributed by atoms with Gasteiger partial charge in [-0.15, -0.1) is 0 Å². The van der Waals surface area contributed by atoms with Gasteiger partial charge in [0.25, 0.3) is 11.5 Å². The number of rotatable bonds is 6. The van der Waals surface area contributed by atoms with Crippen LogP contribution in [0.25, 0.3) is 10.8 Å². The highest BCUT2D eigenvalue weighted by atomic mass is 16.2. The molecule has 3 aromatic rings. The monoisotopic (exact) mass is 364 g/mol. The van der Waals surface area contributed by atoms with Gasteiger partial charge in [0.15, 0.2) is 5.69 Å². The van der Waals surface area contributed by atoms with Gasteiger partial charge in [-0.2, -0.15) is 5.10 Å². The molecule has 3 rings (SSSR count). The summed E-state index contributed by atoms with van der Waals surface area (Å²) in [5, 5.41) is 8.23. The summed E-state index contributed by atoms with van der Waals surface area (Å²) >= 11 is 0. The van der Waals surface area contributed by atoms with Crippen LogP contribution in [0.5, 0.6) is 0 Å². The topological polar surface area (TPSA) is 67.2 Å². The van der Waals surface area contributed by atoms with Gasteiger partial charge in [0.05, 0.1) is 5.39 Å². The minimum atomic E-state index is -0.276. The molecule has 1 N–H and O–H groups in total. The number of fused-ring (bicyclic) bond motifs is 1. The number of carbonyl (C=O) groups excluding carboxylic acids is 1. The molecule has 140 valence electrons. The molecule has 0 unspecified atom stereocenters. The van der Waals surface area contributed by atoms with Crippen LogP contribution in [-0.2, 0) is 13.5 Å². The average Bonchev–Trinajstić information content (AvgIpc) is 2.68. The molecule has 6 heteroatoms. The van der Waals surface area contributed by atoms with Crippen LogP contribution >= 0.6 is 0 Å². The fourth-order valence-electron chi connectivity index (χ4n) is 3.09. The van der Waals surface area contributed by atoms with Crippen molar-refractivity contribution in [3.8, 4) is 0 Å². The first kappa shape index (κ1) is 18.8. The number of benzene rings is 2. The van der Waals surface area contributed by atoms with Crippen LogP contribution in [-0.4, -0.2) is 47.3 Å². The highest BCUT2D eigenvalue weighted by molar-refractivity contribution is 6.04. The predicted molar refractivity (Wildman–Crippen MR) is 107 cm³/mol. The summed E-state index contributed by atoms with van der Waals surface area (Å²) < 4.78 is 1.21. The molecule has 2 aromatic carbocycles. The van der Waals surface area contributed by atoms with Crippen LogP contribution in [0.4, 0.5) is 0 Å². The molecule has 0 saturated carbocycles. The van der Waals surface area contributed by atoms with Gasteiger partial charge in [0.1, 0.15) is 0 Å². The molecule has 0 saturated heterocycles. The molecule has 27 heavy (non-hydrogen) atoms. The summed E-state index contributed by atoms with van der Waals surface area (Å²) in [6.07, 6.45) is 0.829. The molecule has 0 spiro atoms. The lowest BCUT2D eigenvalue weighted by Gasteiger charge is -2.24. The minimum absolute atomic E-state index is 0.148. The van der Waals surface area contributed by atoms with Crippen molar-refractivity contribution in [3.63, 3.8) is 0 Å². The summed E-state index contributed by atoms with van der Waals surface area (Å²) in [4.78, 5) is 27.1. The van der Waals surface area contributed by atoms with Gasteiger partial charge in [0, 0.05) is 25.0 Å². The van der Waals surface area contributed by atoms with Gasteiger partial charge in [-0.25, -0.2) is 4.68 Å². The molecule has 0 aliphatic rings. The third-order valence-corrected chi connectivity index (χ3v) is 4.71. The van der Waals surface area contributed by atoms with Crippen LogP contribution in [0.15, 0.2) is 59.4 Å². The third kappa shape index (κ3) is 4.23. The first-order valence-electron chi connectivity index (χ1n) is 8.92. The maximum absolute atomic E-state index is 12.8. The van der Waals surface area contributed by atoms with Gasteiger partial charge in [-0.1, -0.05) is 48.5 Å². The van der Waals surface area contributed by atoms with Crippen LogP contribution in [0, 0.1) is 0 Å². The minimum Gasteiger partial charge on any atom is -0.349 e. The predicted octanol–water partition coefficient (Wildman–Crippen LogP) is 1.84. The molecule has 0 aliphatic carbocycles. The third-order valence-electron chi connectivity index (χ3n) is 4.71. The Balaban J connectivity index is 1.80. The van der Waals surface area contributed by atoms with Crippen molar-refractivity contribution in [1.29, 1.82) is 0 Å². The lowest BCUT2D eigenvalue weighted by atomic mass is 10.0. The molecule has 1 amide bonds. The zero-order chi connectivity index (χ0) is 19.4. The number of nitrogens with zero attached hydrogens (tertiary/aromatic N) is 3. The summed E-state index contributed by atoms with van der Waals surface area (Å²) in [6, 6.07) is 17.4. The molecule has 1 heterocycles. The highest BCUT2D eigenvalue weighted by Gasteiger charge is 2.18. The summed E-state index contributed by atoms with van der Waals surface area (Å²) in [5.41, 5.74) is 1.28. The highest BCUT2D eigenvalue weighted by Crippen LogP contribution is 2.13. The van der Waals surface area contributed by atoms with Crippen LogP contribution < -0.4 is 10.9 Å². The second kappa shape index (κ2) is 8.14. The van der Waals surface area contributed by atoms with E-state index < -0.39 is 0 Å². The van der Waals surface area contributed by atoms with Crippen molar-refractivity contribution in [1.82, 2.24) is 20.0 Å². The van der Waals surface area contributed by atoms with Crippen LogP contribution in [0.2, 0.25) is 0 Å². The number of nitrogens with one attached hydrogen (secondary N) is 1. The van der Waals surface area contributed by atoms with Crippen molar-refractivity contribution in [2.45, 2.75) is 12.5 Å². The molecule has 0 bridgehead atoms. The zero-order valence-electron chi connectivity index (χ0n) is 15.8. The molecule has 0 aliphatic heterocycles. The Bertz CT molecular complexity index is 996. The van der Waals surface area contributed by atoms with Crippen LogP contribution in [0.3, 0.4) is 0 Å². The second-order valence-electron chi connectivity index (χ2n) is 6.84. The van der Waals surface area contributed by atoms with E-state index in [1.165, 1.54) is 10.2 Å². The fourth-order valence-corrected chi connectivity index (χ4v) is 3.09. The molecule has 1 atom stereocenters. The molecular weight excluding hydrogens is 340 g/mol. The zero-order valence-corrected chi connectivity index (χ0v) is 15.8. The van der Waals surface area contributed by atoms with Crippen molar-refractivity contribution in [3.05, 3.63) is 76.2 Å². The summed E-state index contributed by atoms with van der Waals surface area (Å²) in [5.74, 6) is -0.276. The Kier molecular flexibility index (Phi) is 5.66. The fraction of sp³-hybridized carbons (Fsp3) is 0.286. The van der Waals surface area contributed by atoms with E-state index in [9.17, 15) is 9.59 Å². The van der Waals surface area contributed by atoms with Crippen molar-refractivity contribution >= 4 is 16.7 Å². The Morgan fingerprint density at radius 2 is 1.70 bits per heavy atom. The van der Waals surface area contributed by atoms with E-state index >= 15 is 0 Å². The van der Waals surface area contributed by atoms with Crippen molar-refractivity contribution < 1.29 is 4.79 Å². The van der Waals surface area contributed by atoms with E-state index in [1.807, 2.05) is 32.3 Å². The van der Waals surface area contributed by atoms with Gasteiger partial charge < -0.3 is 10.2 Å². The van der Waals surface area contributed by atoms with Crippen molar-refractivity contribution in [2.24, 2.45) is 7.05 Å². The normalized spacial score (nSPS) is 12.3. The summed E-state index contributed by atoms with van der Waals surface area (Å²) in [6.45, 7) is 0.486. The molecule has 6 nitrogen and oxygen atoms in total. The molecule has 1 aromatic heterocycles. The maximum atomic E-state index is 12.8. The number of aromatic nitrogens is 2. The number of hydrogen-bond acceptors (Lipinski definition) is 4. The summed E-state index contributed by atoms with van der Waals surface area (Å²) in [7, 11) is 5.56. The quantitative estimate of drug-likeness (QED) is 0.725. The van der Waals surface area contributed by atoms with E-state index in [0.717, 1.165) is 6.42 Å². The number of aryl methyl sites for hydroxylation is 1. The van der Waals surface area contributed by atoms with Crippen LogP contribution in [0.1, 0.15) is 16.1 Å². The number of carbonyl (C=O) groups is 1. The smallest absolute Gasteiger partial charge is 0.274 e. The molecule has 0 fully saturated rings. The lowest BCUT2D eigenvalue weighted by Crippen LogP contribution is -2.42. The van der Waals surface area contributed by atoms with E-state index in [4.69, 9.17) is 0 Å². The first-order chi connectivity index (χ1) is 13.0. The number of likely N-dealkylation sites (N-methyl/N-ethyl adjacent to an activating group) is 1. The Labute approximate surface area is 158 Å². The maximum Gasteiger partial charge on any atom is 0.274 e. The van der Waals surface area contributed by atoms with Gasteiger partial charge >= 0.3 is 0 Å². The van der Waals surface area contributed by atoms with Gasteiger partial charge in [0.2, 0.25) is 0 Å². The second-order valence-corrected chi connectivity index (χ2v) is 6.84. The Hall–Kier alpha value is -2.99. The van der Waals surface area contributed by atoms with Crippen molar-refractivity contribution in [2.75, 3.05) is 20.6 Å². The lowest BCUT2D eigenvalue weighted by molar-refractivity contribution is 0.0936. The standard InChI is InChI=1S/C21H24N4O2/c1-24(2)16(13-15-9-5-4-6-10-15)14-22-20(26)19-17-11-7-8-12-18(17)21(27)25(3)23-19/h4-12,16H,13-14H2,1-3H3,(H,22,26)/t16-/m0/s1.